The van der Waals surface area contributed by atoms with Crippen LogP contribution in [0, 0.1) is 17.8 Å². The first kappa shape index (κ1) is 8.95. The summed E-state index contributed by atoms with van der Waals surface area (Å²) in [6.45, 7) is 0. The number of aliphatic hydroxyl groups is 1. The number of aliphatic hydroxyl groups excluding tert-OH is 1. The van der Waals surface area contributed by atoms with Crippen LogP contribution in [0.15, 0.2) is 0 Å². The van der Waals surface area contributed by atoms with Crippen molar-refractivity contribution in [2.24, 2.45) is 17.8 Å². The average molecular weight is 219 g/mol. The molecule has 3 fully saturated rings. The van der Waals surface area contributed by atoms with E-state index in [0.717, 1.165) is 0 Å². The third kappa shape index (κ3) is 0.846. The number of methoxy groups -OCH3 is 1. The fourth-order valence-corrected chi connectivity index (χ4v) is 3.63. The molecule has 1 N–H and O–H groups in total. The summed E-state index contributed by atoms with van der Waals surface area (Å²) < 4.78 is 10.0. The van der Waals surface area contributed by atoms with E-state index < -0.39 is 12.0 Å². The minimum Gasteiger partial charge on any atom is -0.469 e. The highest BCUT2D eigenvalue weighted by molar-refractivity contribution is 6.22. The number of hydrogen-bond acceptors (Lipinski definition) is 4. The van der Waals surface area contributed by atoms with Crippen molar-refractivity contribution in [2.75, 3.05) is 7.11 Å². The third-order valence-electron chi connectivity index (χ3n) is 3.71. The zero-order valence-electron chi connectivity index (χ0n) is 7.59. The van der Waals surface area contributed by atoms with Gasteiger partial charge < -0.3 is 14.6 Å². The van der Waals surface area contributed by atoms with Gasteiger partial charge in [-0.2, -0.15) is 0 Å². The molecule has 0 amide bonds. The van der Waals surface area contributed by atoms with Crippen LogP contribution in [0.3, 0.4) is 0 Å². The third-order valence-corrected chi connectivity index (χ3v) is 4.27. The Labute approximate surface area is 86.1 Å². The molecule has 3 aliphatic rings. The van der Waals surface area contributed by atoms with Gasteiger partial charge in [-0.05, 0) is 0 Å². The standard InChI is InChI=1S/C9H11ClO4/c1-13-9(12)2-3-6(11)4(5(2)10)8-7(3)14-8/h2-8,11H,1H3. The number of carbonyl (C=O) groups is 1. The smallest absolute Gasteiger partial charge is 0.310 e. The predicted octanol–water partition coefficient (Wildman–Crippen LogP) is -0.229. The molecule has 0 spiro atoms. The first-order chi connectivity index (χ1) is 6.66. The first-order valence-electron chi connectivity index (χ1n) is 4.72. The molecule has 0 radical (unpaired) electrons. The number of fused-ring (bicyclic) bond motifs is 5. The van der Waals surface area contributed by atoms with E-state index in [9.17, 15) is 9.90 Å². The van der Waals surface area contributed by atoms with Crippen molar-refractivity contribution < 1.29 is 19.4 Å². The molecule has 0 aromatic carbocycles. The van der Waals surface area contributed by atoms with E-state index in [0.29, 0.717) is 0 Å². The Hall–Kier alpha value is -0.320. The molecule has 14 heavy (non-hydrogen) atoms. The van der Waals surface area contributed by atoms with Crippen LogP contribution in [0.5, 0.6) is 0 Å². The Morgan fingerprint density at radius 3 is 2.64 bits per heavy atom. The Morgan fingerprint density at radius 1 is 1.43 bits per heavy atom. The molecule has 4 nitrogen and oxygen atoms in total. The predicted molar refractivity (Wildman–Crippen MR) is 46.8 cm³/mol. The second kappa shape index (κ2) is 2.62. The largest absolute Gasteiger partial charge is 0.469 e. The number of alkyl halides is 1. The van der Waals surface area contributed by atoms with E-state index in [4.69, 9.17) is 16.3 Å². The topological polar surface area (TPSA) is 59.1 Å². The molecule has 2 aliphatic carbocycles. The summed E-state index contributed by atoms with van der Waals surface area (Å²) in [6, 6.07) is 0. The molecule has 7 atom stereocenters. The Morgan fingerprint density at radius 2 is 2.07 bits per heavy atom. The minimum absolute atomic E-state index is 0.0362. The van der Waals surface area contributed by atoms with Crippen molar-refractivity contribution >= 4 is 17.6 Å². The highest BCUT2D eigenvalue weighted by atomic mass is 35.5. The fraction of sp³-hybridized carbons (Fsp3) is 0.889. The molecule has 0 aromatic rings. The van der Waals surface area contributed by atoms with Gasteiger partial charge in [0.05, 0.1) is 36.7 Å². The summed E-state index contributed by atoms with van der Waals surface area (Å²) in [4.78, 5) is 11.5. The van der Waals surface area contributed by atoms with Gasteiger partial charge in [0.2, 0.25) is 0 Å². The van der Waals surface area contributed by atoms with Crippen LogP contribution in [0.4, 0.5) is 0 Å². The Bertz CT molecular complexity index is 295. The molecule has 2 saturated carbocycles. The van der Waals surface area contributed by atoms with Crippen LogP contribution < -0.4 is 0 Å². The number of rotatable bonds is 1. The summed E-state index contributed by atoms with van der Waals surface area (Å²) in [7, 11) is 1.34. The second-order valence-electron chi connectivity index (χ2n) is 4.20. The maximum Gasteiger partial charge on any atom is 0.310 e. The number of hydrogen-bond donors (Lipinski definition) is 1. The lowest BCUT2D eigenvalue weighted by Gasteiger charge is -2.20. The molecule has 1 saturated heterocycles. The van der Waals surface area contributed by atoms with Gasteiger partial charge in [-0.1, -0.05) is 0 Å². The summed E-state index contributed by atoms with van der Waals surface area (Å²) in [5, 5.41) is 9.50. The number of esters is 1. The summed E-state index contributed by atoms with van der Waals surface area (Å²) in [6.07, 6.45) is -0.377. The van der Waals surface area contributed by atoms with Gasteiger partial charge in [-0.3, -0.25) is 4.79 Å². The number of carbonyl (C=O) groups excluding carboxylic acids is 1. The lowest BCUT2D eigenvalue weighted by atomic mass is 9.88. The van der Waals surface area contributed by atoms with Crippen molar-refractivity contribution in [3.8, 4) is 0 Å². The van der Waals surface area contributed by atoms with Crippen LogP contribution >= 0.6 is 11.6 Å². The molecule has 78 valence electrons. The zero-order valence-corrected chi connectivity index (χ0v) is 8.35. The second-order valence-corrected chi connectivity index (χ2v) is 4.71. The van der Waals surface area contributed by atoms with Crippen molar-refractivity contribution in [3.63, 3.8) is 0 Å². The van der Waals surface area contributed by atoms with E-state index in [2.05, 4.69) is 4.74 Å². The fourth-order valence-electron chi connectivity index (χ4n) is 3.06. The van der Waals surface area contributed by atoms with Crippen LogP contribution in [-0.4, -0.2) is 41.9 Å². The average Bonchev–Trinajstić information content (AvgIpc) is 2.84. The lowest BCUT2D eigenvalue weighted by molar-refractivity contribution is -0.147. The minimum atomic E-state index is -0.495. The van der Waals surface area contributed by atoms with Crippen LogP contribution in [0.25, 0.3) is 0 Å². The summed E-state index contributed by atoms with van der Waals surface area (Å²) in [5.41, 5.74) is 0. The molecule has 7 unspecified atom stereocenters. The molecule has 3 rings (SSSR count). The van der Waals surface area contributed by atoms with E-state index in [1.54, 1.807) is 0 Å². The lowest BCUT2D eigenvalue weighted by Crippen LogP contribution is -2.35. The van der Waals surface area contributed by atoms with Crippen LogP contribution in [0.2, 0.25) is 0 Å². The van der Waals surface area contributed by atoms with Crippen molar-refractivity contribution in [3.05, 3.63) is 0 Å². The molecule has 0 aromatic heterocycles. The van der Waals surface area contributed by atoms with Crippen LogP contribution in [-0.2, 0) is 14.3 Å². The van der Waals surface area contributed by atoms with Gasteiger partial charge in [-0.25, -0.2) is 0 Å². The van der Waals surface area contributed by atoms with Crippen molar-refractivity contribution in [1.29, 1.82) is 0 Å². The first-order valence-corrected chi connectivity index (χ1v) is 5.16. The molecule has 5 heteroatoms. The monoisotopic (exact) mass is 218 g/mol. The van der Waals surface area contributed by atoms with Gasteiger partial charge in [0, 0.05) is 11.8 Å². The van der Waals surface area contributed by atoms with Crippen molar-refractivity contribution in [2.45, 2.75) is 23.7 Å². The van der Waals surface area contributed by atoms with Gasteiger partial charge in [0.1, 0.15) is 0 Å². The zero-order chi connectivity index (χ0) is 10.0. The van der Waals surface area contributed by atoms with Gasteiger partial charge in [0.25, 0.3) is 0 Å². The number of ether oxygens (including phenoxy) is 2. The summed E-state index contributed by atoms with van der Waals surface area (Å²) >= 11 is 6.12. The van der Waals surface area contributed by atoms with E-state index in [1.165, 1.54) is 7.11 Å². The highest BCUT2D eigenvalue weighted by Gasteiger charge is 2.73. The number of epoxide rings is 1. The molecule has 2 bridgehead atoms. The molecule has 1 aliphatic heterocycles. The normalized spacial score (nSPS) is 58.4. The molecular weight excluding hydrogens is 208 g/mol. The van der Waals surface area contributed by atoms with E-state index >= 15 is 0 Å². The Balaban J connectivity index is 1.91. The molecule has 1 heterocycles. The maximum absolute atomic E-state index is 11.5. The highest BCUT2D eigenvalue weighted by Crippen LogP contribution is 2.60. The van der Waals surface area contributed by atoms with Crippen molar-refractivity contribution in [1.82, 2.24) is 0 Å². The summed E-state index contributed by atoms with van der Waals surface area (Å²) in [5.74, 6) is -0.966. The Kier molecular flexibility index (Phi) is 1.68. The van der Waals surface area contributed by atoms with Gasteiger partial charge in [-0.15, -0.1) is 11.6 Å². The molecular formula is C9H11ClO4. The maximum atomic E-state index is 11.5. The van der Waals surface area contributed by atoms with Gasteiger partial charge in [0.15, 0.2) is 0 Å². The number of halogens is 1. The van der Waals surface area contributed by atoms with E-state index in [-0.39, 0.29) is 35.4 Å². The quantitative estimate of drug-likeness (QED) is 0.375. The SMILES string of the molecule is COC(=O)C1C(Cl)C2C(O)C1C1OC12. The van der Waals surface area contributed by atoms with Crippen LogP contribution in [0.1, 0.15) is 0 Å². The van der Waals surface area contributed by atoms with E-state index in [1.807, 2.05) is 0 Å². The van der Waals surface area contributed by atoms with Gasteiger partial charge >= 0.3 is 5.97 Å².